The normalized spacial score (nSPS) is 15.2. The number of carbonyl (C=O) groups excluding carboxylic acids is 2. The van der Waals surface area contributed by atoms with E-state index in [-0.39, 0.29) is 11.8 Å². The smallest absolute Gasteiger partial charge is 0.267 e. The van der Waals surface area contributed by atoms with Crippen molar-refractivity contribution in [3.05, 3.63) is 22.4 Å². The van der Waals surface area contributed by atoms with Crippen LogP contribution in [-0.2, 0) is 4.79 Å². The molecule has 1 aromatic rings. The van der Waals surface area contributed by atoms with Crippen molar-refractivity contribution < 1.29 is 9.59 Å². The summed E-state index contributed by atoms with van der Waals surface area (Å²) in [4.78, 5) is 27.8. The van der Waals surface area contributed by atoms with Crippen LogP contribution in [0.2, 0.25) is 0 Å². The number of likely N-dealkylation sites (tertiary alicyclic amines) is 1. The predicted octanol–water partition coefficient (Wildman–Crippen LogP) is 1.52. The Hall–Kier alpha value is -1.30. The van der Waals surface area contributed by atoms with Crippen LogP contribution in [-0.4, -0.2) is 41.3 Å². The molecule has 6 heteroatoms. The third-order valence-electron chi connectivity index (χ3n) is 2.95. The van der Waals surface area contributed by atoms with Crippen molar-refractivity contribution in [1.29, 1.82) is 0 Å². The molecule has 0 atom stereocenters. The minimum atomic E-state index is -0.117. The number of nitrogens with one attached hydrogen (secondary N) is 2. The minimum Gasteiger partial charge on any atom is -0.356 e. The minimum absolute atomic E-state index is 0.117. The maximum atomic E-state index is 11.7. The van der Waals surface area contributed by atoms with Crippen LogP contribution in [0.4, 0.5) is 0 Å². The van der Waals surface area contributed by atoms with Crippen LogP contribution >= 0.6 is 15.9 Å². The van der Waals surface area contributed by atoms with E-state index < -0.39 is 0 Å². The Balaban J connectivity index is 1.66. The van der Waals surface area contributed by atoms with Crippen LogP contribution in [0.1, 0.15) is 29.8 Å². The van der Waals surface area contributed by atoms with Crippen LogP contribution < -0.4 is 5.32 Å². The molecule has 2 N–H and O–H groups in total. The van der Waals surface area contributed by atoms with Crippen molar-refractivity contribution in [2.45, 2.75) is 19.3 Å². The first kappa shape index (κ1) is 13.1. The van der Waals surface area contributed by atoms with Crippen molar-refractivity contribution in [3.8, 4) is 0 Å². The van der Waals surface area contributed by atoms with E-state index in [4.69, 9.17) is 0 Å². The second-order valence-electron chi connectivity index (χ2n) is 4.33. The quantitative estimate of drug-likeness (QED) is 0.809. The molecule has 2 rings (SSSR count). The van der Waals surface area contributed by atoms with Crippen molar-refractivity contribution in [2.24, 2.45) is 0 Å². The standard InChI is InChI=1S/C12H16BrN3O2/c13-9-7-10(15-8-9)12(18)14-4-2-6-16-5-1-3-11(16)17/h7-8,15H,1-6H2,(H,14,18). The number of hydrogen-bond acceptors (Lipinski definition) is 2. The van der Waals surface area contributed by atoms with E-state index in [1.54, 1.807) is 12.3 Å². The Kier molecular flexibility index (Phi) is 4.41. The highest BCUT2D eigenvalue weighted by atomic mass is 79.9. The molecule has 0 unspecified atom stereocenters. The van der Waals surface area contributed by atoms with E-state index in [1.165, 1.54) is 0 Å². The topological polar surface area (TPSA) is 65.2 Å². The zero-order valence-corrected chi connectivity index (χ0v) is 11.6. The van der Waals surface area contributed by atoms with Crippen LogP contribution in [0.25, 0.3) is 0 Å². The predicted molar refractivity (Wildman–Crippen MR) is 71.3 cm³/mol. The fraction of sp³-hybridized carbons (Fsp3) is 0.500. The molecule has 1 aliphatic heterocycles. The van der Waals surface area contributed by atoms with Gasteiger partial charge in [0.15, 0.2) is 0 Å². The SMILES string of the molecule is O=C(NCCCN1CCCC1=O)c1cc(Br)c[nH]1. The van der Waals surface area contributed by atoms with E-state index in [0.717, 1.165) is 30.4 Å². The summed E-state index contributed by atoms with van der Waals surface area (Å²) in [6, 6.07) is 1.74. The molecule has 2 heterocycles. The highest BCUT2D eigenvalue weighted by molar-refractivity contribution is 9.10. The van der Waals surface area contributed by atoms with Crippen molar-refractivity contribution in [3.63, 3.8) is 0 Å². The van der Waals surface area contributed by atoms with Crippen molar-refractivity contribution in [2.75, 3.05) is 19.6 Å². The number of aromatic nitrogens is 1. The lowest BCUT2D eigenvalue weighted by atomic mass is 10.3. The molecular formula is C12H16BrN3O2. The maximum Gasteiger partial charge on any atom is 0.267 e. The van der Waals surface area contributed by atoms with Crippen molar-refractivity contribution >= 4 is 27.7 Å². The zero-order valence-electron chi connectivity index (χ0n) is 10.0. The molecule has 0 radical (unpaired) electrons. The van der Waals surface area contributed by atoms with Gasteiger partial charge in [-0.25, -0.2) is 0 Å². The Morgan fingerprint density at radius 2 is 2.39 bits per heavy atom. The van der Waals surface area contributed by atoms with Gasteiger partial charge in [0.05, 0.1) is 0 Å². The summed E-state index contributed by atoms with van der Waals surface area (Å²) < 4.78 is 0.857. The highest BCUT2D eigenvalue weighted by Gasteiger charge is 2.19. The van der Waals surface area contributed by atoms with Gasteiger partial charge in [-0.2, -0.15) is 0 Å². The molecule has 1 aliphatic rings. The Bertz CT molecular complexity index is 444. The molecule has 1 saturated heterocycles. The van der Waals surface area contributed by atoms with Gasteiger partial charge in [0.2, 0.25) is 5.91 Å². The first-order valence-electron chi connectivity index (χ1n) is 6.07. The molecule has 0 aromatic carbocycles. The fourth-order valence-corrected chi connectivity index (χ4v) is 2.35. The molecule has 98 valence electrons. The van der Waals surface area contributed by atoms with Crippen LogP contribution in [0.15, 0.2) is 16.7 Å². The van der Waals surface area contributed by atoms with Gasteiger partial charge in [0.25, 0.3) is 5.91 Å². The summed E-state index contributed by atoms with van der Waals surface area (Å²) in [5.41, 5.74) is 0.541. The monoisotopic (exact) mass is 313 g/mol. The molecule has 0 spiro atoms. The number of carbonyl (C=O) groups is 2. The maximum absolute atomic E-state index is 11.7. The molecule has 1 aromatic heterocycles. The average molecular weight is 314 g/mol. The second kappa shape index (κ2) is 6.04. The number of aromatic amines is 1. The third kappa shape index (κ3) is 3.35. The summed E-state index contributed by atoms with van der Waals surface area (Å²) >= 11 is 3.28. The lowest BCUT2D eigenvalue weighted by Crippen LogP contribution is -2.30. The van der Waals surface area contributed by atoms with E-state index in [1.807, 2.05) is 4.90 Å². The third-order valence-corrected chi connectivity index (χ3v) is 3.41. The van der Waals surface area contributed by atoms with Gasteiger partial charge in [-0.1, -0.05) is 0 Å². The molecule has 0 bridgehead atoms. The van der Waals surface area contributed by atoms with Gasteiger partial charge in [0.1, 0.15) is 5.69 Å². The first-order chi connectivity index (χ1) is 8.66. The largest absolute Gasteiger partial charge is 0.356 e. The summed E-state index contributed by atoms with van der Waals surface area (Å²) in [6.45, 7) is 2.17. The molecule has 0 aliphatic carbocycles. The van der Waals surface area contributed by atoms with E-state index in [2.05, 4.69) is 26.2 Å². The van der Waals surface area contributed by atoms with Gasteiger partial charge in [-0.05, 0) is 34.8 Å². The summed E-state index contributed by atoms with van der Waals surface area (Å²) in [5.74, 6) is 0.114. The molecule has 1 fully saturated rings. The van der Waals surface area contributed by atoms with Gasteiger partial charge < -0.3 is 15.2 Å². The summed E-state index contributed by atoms with van der Waals surface area (Å²) in [5, 5.41) is 2.82. The number of rotatable bonds is 5. The van der Waals surface area contributed by atoms with E-state index >= 15 is 0 Å². The zero-order chi connectivity index (χ0) is 13.0. The Labute approximate surface area is 114 Å². The molecular weight excluding hydrogens is 298 g/mol. The molecule has 18 heavy (non-hydrogen) atoms. The number of nitrogens with zero attached hydrogens (tertiary/aromatic N) is 1. The van der Waals surface area contributed by atoms with Gasteiger partial charge >= 0.3 is 0 Å². The summed E-state index contributed by atoms with van der Waals surface area (Å²) in [7, 11) is 0. The Morgan fingerprint density at radius 3 is 3.00 bits per heavy atom. The number of halogens is 1. The van der Waals surface area contributed by atoms with E-state index in [9.17, 15) is 9.59 Å². The number of amides is 2. The van der Waals surface area contributed by atoms with Gasteiger partial charge in [-0.15, -0.1) is 0 Å². The lowest BCUT2D eigenvalue weighted by Gasteiger charge is -2.15. The Morgan fingerprint density at radius 1 is 1.56 bits per heavy atom. The lowest BCUT2D eigenvalue weighted by molar-refractivity contribution is -0.127. The highest BCUT2D eigenvalue weighted by Crippen LogP contribution is 2.11. The second-order valence-corrected chi connectivity index (χ2v) is 5.24. The first-order valence-corrected chi connectivity index (χ1v) is 6.86. The van der Waals surface area contributed by atoms with Gasteiger partial charge in [-0.3, -0.25) is 9.59 Å². The van der Waals surface area contributed by atoms with Crippen LogP contribution in [0, 0.1) is 0 Å². The number of H-pyrrole nitrogens is 1. The molecule has 5 nitrogen and oxygen atoms in total. The van der Waals surface area contributed by atoms with Crippen molar-refractivity contribution in [1.82, 2.24) is 15.2 Å². The van der Waals surface area contributed by atoms with Crippen LogP contribution in [0.3, 0.4) is 0 Å². The van der Waals surface area contributed by atoms with Crippen LogP contribution in [0.5, 0.6) is 0 Å². The van der Waals surface area contributed by atoms with Gasteiger partial charge in [0, 0.05) is 36.7 Å². The summed E-state index contributed by atoms with van der Waals surface area (Å²) in [6.07, 6.45) is 4.14. The molecule has 0 saturated carbocycles. The average Bonchev–Trinajstić information content (AvgIpc) is 2.94. The molecule has 2 amide bonds. The number of hydrogen-bond donors (Lipinski definition) is 2. The fourth-order valence-electron chi connectivity index (χ4n) is 2.01. The van der Waals surface area contributed by atoms with E-state index in [0.29, 0.717) is 18.7 Å².